The molecule has 0 aromatic carbocycles. The summed E-state index contributed by atoms with van der Waals surface area (Å²) >= 11 is 9.08. The van der Waals surface area contributed by atoms with Crippen LogP contribution in [0.15, 0.2) is 0 Å². The molecule has 1 aliphatic rings. The van der Waals surface area contributed by atoms with Crippen LogP contribution in [0.2, 0.25) is 0 Å². The van der Waals surface area contributed by atoms with Gasteiger partial charge < -0.3 is 9.26 Å². The highest BCUT2D eigenvalue weighted by molar-refractivity contribution is 9.09. The lowest BCUT2D eigenvalue weighted by Gasteiger charge is -2.22. The predicted octanol–water partition coefficient (Wildman–Crippen LogP) is 2.86. The molecule has 1 heterocycles. The second kappa shape index (κ2) is 6.58. The van der Waals surface area contributed by atoms with Crippen molar-refractivity contribution in [3.8, 4) is 0 Å². The Morgan fingerprint density at radius 1 is 1.73 bits per heavy atom. The Balaban J connectivity index is 2.31. The van der Waals surface area contributed by atoms with Gasteiger partial charge in [0, 0.05) is 18.5 Å². The smallest absolute Gasteiger partial charge is 0.362 e. The van der Waals surface area contributed by atoms with Crippen LogP contribution in [0.4, 0.5) is 0 Å². The maximum Gasteiger partial charge on any atom is 0.362 e. The lowest BCUT2D eigenvalue weighted by molar-refractivity contribution is 0.0672. The first-order chi connectivity index (χ1) is 7.06. The summed E-state index contributed by atoms with van der Waals surface area (Å²) < 4.78 is 24.0. The lowest BCUT2D eigenvalue weighted by atomic mass is 10.2. The van der Waals surface area contributed by atoms with Crippen LogP contribution in [0.25, 0.3) is 0 Å². The number of ether oxygens (including phenoxy) is 1. The highest BCUT2D eigenvalue weighted by Crippen LogP contribution is 2.55. The standard InChI is InChI=1S/C8H16BrClNO3P/c1-11(5-4-9)15(10,12)14-7-8-3-2-6-13-8/h8H,2-7H2,1H3. The van der Waals surface area contributed by atoms with E-state index in [9.17, 15) is 4.57 Å². The van der Waals surface area contributed by atoms with Gasteiger partial charge in [0.05, 0.1) is 12.7 Å². The summed E-state index contributed by atoms with van der Waals surface area (Å²) in [5.41, 5.74) is 0. The Morgan fingerprint density at radius 2 is 2.47 bits per heavy atom. The van der Waals surface area contributed by atoms with Crippen LogP contribution >= 0.6 is 34.0 Å². The zero-order valence-electron chi connectivity index (χ0n) is 8.70. The summed E-state index contributed by atoms with van der Waals surface area (Å²) in [6.45, 7) is -1.49. The molecule has 2 atom stereocenters. The molecular weight excluding hydrogens is 304 g/mol. The van der Waals surface area contributed by atoms with E-state index in [4.69, 9.17) is 20.5 Å². The van der Waals surface area contributed by atoms with Gasteiger partial charge in [-0.3, -0.25) is 4.57 Å². The first-order valence-corrected chi connectivity index (χ1v) is 8.50. The van der Waals surface area contributed by atoms with Gasteiger partial charge in [0.25, 0.3) is 0 Å². The van der Waals surface area contributed by atoms with Crippen LogP contribution in [-0.2, 0) is 13.8 Å². The first kappa shape index (κ1) is 13.9. The van der Waals surface area contributed by atoms with Gasteiger partial charge in [-0.1, -0.05) is 15.9 Å². The van der Waals surface area contributed by atoms with Crippen molar-refractivity contribution in [3.63, 3.8) is 0 Å². The molecule has 0 N–H and O–H groups in total. The summed E-state index contributed by atoms with van der Waals surface area (Å²) in [6, 6.07) is 0. The largest absolute Gasteiger partial charge is 0.376 e. The molecule has 0 aromatic rings. The fourth-order valence-corrected chi connectivity index (χ4v) is 3.38. The molecule has 90 valence electrons. The Labute approximate surface area is 104 Å². The zero-order valence-corrected chi connectivity index (χ0v) is 11.9. The molecule has 0 amide bonds. The molecule has 0 aromatic heterocycles. The van der Waals surface area contributed by atoms with Crippen LogP contribution < -0.4 is 0 Å². The fraction of sp³-hybridized carbons (Fsp3) is 1.00. The third kappa shape index (κ3) is 4.72. The molecule has 1 saturated heterocycles. The van der Waals surface area contributed by atoms with E-state index in [0.717, 1.165) is 19.4 Å². The van der Waals surface area contributed by atoms with Crippen LogP contribution in [-0.4, -0.2) is 42.9 Å². The first-order valence-electron chi connectivity index (χ1n) is 4.89. The molecule has 1 fully saturated rings. The number of rotatable bonds is 6. The SMILES string of the molecule is CN(CCBr)P(=O)(Cl)OCC1CCCO1. The molecule has 1 aliphatic heterocycles. The third-order valence-corrected chi connectivity index (χ3v) is 5.16. The van der Waals surface area contributed by atoms with Crippen molar-refractivity contribution in [2.45, 2.75) is 18.9 Å². The van der Waals surface area contributed by atoms with Crippen LogP contribution in [0.3, 0.4) is 0 Å². The maximum atomic E-state index is 11.9. The van der Waals surface area contributed by atoms with Crippen LogP contribution in [0.5, 0.6) is 0 Å². The van der Waals surface area contributed by atoms with Gasteiger partial charge in [-0.05, 0) is 31.1 Å². The highest BCUT2D eigenvalue weighted by Gasteiger charge is 2.28. The lowest BCUT2D eigenvalue weighted by Crippen LogP contribution is -2.20. The second-order valence-corrected chi connectivity index (χ2v) is 7.37. The molecule has 0 bridgehead atoms. The van der Waals surface area contributed by atoms with Gasteiger partial charge in [0.15, 0.2) is 0 Å². The normalized spacial score (nSPS) is 25.7. The van der Waals surface area contributed by atoms with Crippen LogP contribution in [0, 0.1) is 0 Å². The number of hydrogen-bond acceptors (Lipinski definition) is 3. The van der Waals surface area contributed by atoms with E-state index >= 15 is 0 Å². The van der Waals surface area contributed by atoms with Crippen molar-refractivity contribution >= 4 is 34.0 Å². The summed E-state index contributed by atoms with van der Waals surface area (Å²) in [6.07, 6.45) is 2.05. The minimum absolute atomic E-state index is 0.0504. The van der Waals surface area contributed by atoms with Crippen molar-refractivity contribution < 1.29 is 13.8 Å². The van der Waals surface area contributed by atoms with Crippen LogP contribution in [0.1, 0.15) is 12.8 Å². The van der Waals surface area contributed by atoms with E-state index in [0.29, 0.717) is 18.5 Å². The molecule has 0 spiro atoms. The van der Waals surface area contributed by atoms with Gasteiger partial charge in [0.1, 0.15) is 0 Å². The van der Waals surface area contributed by atoms with Crippen molar-refractivity contribution in [1.82, 2.24) is 4.67 Å². The van der Waals surface area contributed by atoms with Gasteiger partial charge in [-0.15, -0.1) is 0 Å². The average molecular weight is 321 g/mol. The van der Waals surface area contributed by atoms with E-state index < -0.39 is 6.87 Å². The quantitative estimate of drug-likeness (QED) is 0.557. The van der Waals surface area contributed by atoms with E-state index in [1.807, 2.05) is 0 Å². The highest BCUT2D eigenvalue weighted by atomic mass is 79.9. The van der Waals surface area contributed by atoms with E-state index in [1.165, 1.54) is 4.67 Å². The number of alkyl halides is 1. The molecule has 15 heavy (non-hydrogen) atoms. The van der Waals surface area contributed by atoms with Gasteiger partial charge in [0.2, 0.25) is 0 Å². The van der Waals surface area contributed by atoms with Crippen molar-refractivity contribution in [2.24, 2.45) is 0 Å². The Kier molecular flexibility index (Phi) is 6.11. The van der Waals surface area contributed by atoms with Crippen molar-refractivity contribution in [2.75, 3.05) is 32.1 Å². The second-order valence-electron chi connectivity index (χ2n) is 3.45. The monoisotopic (exact) mass is 319 g/mol. The van der Waals surface area contributed by atoms with E-state index in [2.05, 4.69) is 15.9 Å². The third-order valence-electron chi connectivity index (χ3n) is 2.26. The molecule has 0 aliphatic carbocycles. The summed E-state index contributed by atoms with van der Waals surface area (Å²) in [5, 5.41) is 0.712. The van der Waals surface area contributed by atoms with Crippen molar-refractivity contribution in [3.05, 3.63) is 0 Å². The van der Waals surface area contributed by atoms with E-state index in [1.54, 1.807) is 7.05 Å². The minimum atomic E-state index is -3.16. The molecule has 2 unspecified atom stereocenters. The van der Waals surface area contributed by atoms with Gasteiger partial charge in [-0.25, -0.2) is 4.67 Å². The molecule has 0 saturated carbocycles. The fourth-order valence-electron chi connectivity index (χ4n) is 1.29. The number of hydrogen-bond donors (Lipinski definition) is 0. The number of nitrogens with zero attached hydrogens (tertiary/aromatic N) is 1. The maximum absolute atomic E-state index is 11.9. The molecular formula is C8H16BrClNO3P. The predicted molar refractivity (Wildman–Crippen MR) is 64.8 cm³/mol. The summed E-state index contributed by atoms with van der Waals surface area (Å²) in [4.78, 5) is 0. The van der Waals surface area contributed by atoms with Gasteiger partial charge >= 0.3 is 6.87 Å². The van der Waals surface area contributed by atoms with Crippen molar-refractivity contribution in [1.29, 1.82) is 0 Å². The summed E-state index contributed by atoms with van der Waals surface area (Å²) in [5.74, 6) is 0. The van der Waals surface area contributed by atoms with E-state index in [-0.39, 0.29) is 6.10 Å². The number of halogens is 2. The molecule has 7 heteroatoms. The zero-order chi connectivity index (χ0) is 11.3. The average Bonchev–Trinajstić information content (AvgIpc) is 2.68. The minimum Gasteiger partial charge on any atom is -0.376 e. The molecule has 0 radical (unpaired) electrons. The Hall–Kier alpha value is 0.880. The molecule has 4 nitrogen and oxygen atoms in total. The Bertz CT molecular complexity index is 238. The Morgan fingerprint density at radius 3 is 3.00 bits per heavy atom. The summed E-state index contributed by atoms with van der Waals surface area (Å²) in [7, 11) is 1.69. The topological polar surface area (TPSA) is 38.8 Å². The molecule has 1 rings (SSSR count). The van der Waals surface area contributed by atoms with Gasteiger partial charge in [-0.2, -0.15) is 0 Å².